The Kier molecular flexibility index (Phi) is 2.99. The summed E-state index contributed by atoms with van der Waals surface area (Å²) in [7, 11) is 0. The molecule has 3 rings (SSSR count). The minimum atomic E-state index is 0.460. The lowest BCUT2D eigenvalue weighted by Crippen LogP contribution is -2.40. The van der Waals surface area contributed by atoms with Gasteiger partial charge >= 0.3 is 0 Å². The van der Waals surface area contributed by atoms with E-state index in [9.17, 15) is 0 Å². The van der Waals surface area contributed by atoms with Crippen molar-refractivity contribution in [2.24, 2.45) is 17.3 Å². The van der Waals surface area contributed by atoms with Gasteiger partial charge in [-0.3, -0.25) is 0 Å². The molecule has 1 aliphatic carbocycles. The summed E-state index contributed by atoms with van der Waals surface area (Å²) in [6, 6.07) is 0. The van der Waals surface area contributed by atoms with Gasteiger partial charge in [0.15, 0.2) is 0 Å². The molecule has 2 heterocycles. The third kappa shape index (κ3) is 2.26. The van der Waals surface area contributed by atoms with Crippen LogP contribution in [0, 0.1) is 17.3 Å². The van der Waals surface area contributed by atoms with E-state index >= 15 is 0 Å². The summed E-state index contributed by atoms with van der Waals surface area (Å²) in [4.78, 5) is 0. The van der Waals surface area contributed by atoms with E-state index in [4.69, 9.17) is 9.47 Å². The van der Waals surface area contributed by atoms with Crippen LogP contribution in [0.5, 0.6) is 0 Å². The van der Waals surface area contributed by atoms with E-state index in [1.165, 1.54) is 32.1 Å². The molecule has 0 aromatic rings. The van der Waals surface area contributed by atoms with Crippen molar-refractivity contribution < 1.29 is 9.47 Å². The van der Waals surface area contributed by atoms with E-state index in [0.29, 0.717) is 23.7 Å². The molecule has 0 aromatic carbocycles. The summed E-state index contributed by atoms with van der Waals surface area (Å²) in [5.41, 5.74) is 0.467. The zero-order valence-corrected chi connectivity index (χ0v) is 11.4. The van der Waals surface area contributed by atoms with Gasteiger partial charge < -0.3 is 9.47 Å². The maximum atomic E-state index is 5.70. The van der Waals surface area contributed by atoms with Crippen molar-refractivity contribution in [2.75, 3.05) is 6.61 Å². The second-order valence-electron chi connectivity index (χ2n) is 6.95. The topological polar surface area (TPSA) is 21.8 Å². The van der Waals surface area contributed by atoms with Crippen LogP contribution in [0.15, 0.2) is 0 Å². The number of epoxide rings is 1. The average molecular weight is 238 g/mol. The highest BCUT2D eigenvalue weighted by Crippen LogP contribution is 2.51. The molecule has 2 aliphatic heterocycles. The van der Waals surface area contributed by atoms with E-state index in [2.05, 4.69) is 20.8 Å². The lowest BCUT2D eigenvalue weighted by Gasteiger charge is -2.45. The molecular formula is C15H26O2. The molecular weight excluding hydrogens is 212 g/mol. The van der Waals surface area contributed by atoms with Gasteiger partial charge in [-0.15, -0.1) is 0 Å². The molecule has 5 atom stereocenters. The van der Waals surface area contributed by atoms with Gasteiger partial charge in [0.05, 0.1) is 18.3 Å². The second-order valence-corrected chi connectivity index (χ2v) is 6.95. The van der Waals surface area contributed by atoms with Crippen molar-refractivity contribution in [3.8, 4) is 0 Å². The molecule has 3 aliphatic rings. The molecule has 2 nitrogen and oxygen atoms in total. The average Bonchev–Trinajstić information content (AvgIpc) is 3.06. The van der Waals surface area contributed by atoms with E-state index in [1.54, 1.807) is 0 Å². The molecule has 2 saturated heterocycles. The monoisotopic (exact) mass is 238 g/mol. The summed E-state index contributed by atoms with van der Waals surface area (Å²) in [5.74, 6) is 1.70. The highest BCUT2D eigenvalue weighted by atomic mass is 16.6. The van der Waals surface area contributed by atoms with E-state index in [1.807, 2.05) is 0 Å². The molecule has 0 aromatic heterocycles. The second kappa shape index (κ2) is 4.24. The van der Waals surface area contributed by atoms with Crippen LogP contribution in [0.1, 0.15) is 52.9 Å². The number of fused-ring (bicyclic) bond motifs is 1. The van der Waals surface area contributed by atoms with E-state index in [-0.39, 0.29) is 0 Å². The predicted octanol–water partition coefficient (Wildman–Crippen LogP) is 3.40. The van der Waals surface area contributed by atoms with Gasteiger partial charge in [-0.25, -0.2) is 0 Å². The number of ether oxygens (including phenoxy) is 2. The van der Waals surface area contributed by atoms with Crippen LogP contribution in [-0.4, -0.2) is 24.9 Å². The summed E-state index contributed by atoms with van der Waals surface area (Å²) in [5, 5.41) is 0. The Balaban J connectivity index is 1.66. The molecule has 1 saturated carbocycles. The minimum absolute atomic E-state index is 0.460. The van der Waals surface area contributed by atoms with Crippen LogP contribution in [0.4, 0.5) is 0 Å². The SMILES string of the molecule is CC1CC(C(C)(C)C2CCC3OC3C2)CCO1. The fourth-order valence-corrected chi connectivity index (χ4v) is 4.09. The van der Waals surface area contributed by atoms with Gasteiger partial charge in [0.1, 0.15) is 0 Å². The molecule has 0 bridgehead atoms. The normalized spacial score (nSPS) is 46.4. The van der Waals surface area contributed by atoms with Crippen molar-refractivity contribution in [3.05, 3.63) is 0 Å². The van der Waals surface area contributed by atoms with Gasteiger partial charge in [0.25, 0.3) is 0 Å². The van der Waals surface area contributed by atoms with Crippen LogP contribution in [0.3, 0.4) is 0 Å². The molecule has 17 heavy (non-hydrogen) atoms. The van der Waals surface area contributed by atoms with Crippen molar-refractivity contribution in [3.63, 3.8) is 0 Å². The predicted molar refractivity (Wildman–Crippen MR) is 67.9 cm³/mol. The first kappa shape index (κ1) is 12.0. The van der Waals surface area contributed by atoms with Gasteiger partial charge in [-0.1, -0.05) is 13.8 Å². The summed E-state index contributed by atoms with van der Waals surface area (Å²) >= 11 is 0. The first-order chi connectivity index (χ1) is 8.07. The lowest BCUT2D eigenvalue weighted by molar-refractivity contribution is -0.0483. The Bertz CT molecular complexity index is 279. The molecule has 0 radical (unpaired) electrons. The Morgan fingerprint density at radius 3 is 2.41 bits per heavy atom. The quantitative estimate of drug-likeness (QED) is 0.688. The molecule has 98 valence electrons. The maximum absolute atomic E-state index is 5.70. The molecule has 2 heteroatoms. The molecule has 3 fully saturated rings. The largest absolute Gasteiger partial charge is 0.378 e. The fourth-order valence-electron chi connectivity index (χ4n) is 4.09. The molecule has 0 N–H and O–H groups in total. The summed E-state index contributed by atoms with van der Waals surface area (Å²) in [6.45, 7) is 8.17. The van der Waals surface area contributed by atoms with Gasteiger partial charge in [-0.2, -0.15) is 0 Å². The zero-order chi connectivity index (χ0) is 12.0. The third-order valence-corrected chi connectivity index (χ3v) is 5.59. The van der Waals surface area contributed by atoms with E-state index < -0.39 is 0 Å². The van der Waals surface area contributed by atoms with Crippen LogP contribution in [0.2, 0.25) is 0 Å². The Hall–Kier alpha value is -0.0800. The number of rotatable bonds is 2. The minimum Gasteiger partial charge on any atom is -0.378 e. The van der Waals surface area contributed by atoms with Crippen LogP contribution in [0.25, 0.3) is 0 Å². The third-order valence-electron chi connectivity index (χ3n) is 5.59. The first-order valence-corrected chi connectivity index (χ1v) is 7.34. The lowest BCUT2D eigenvalue weighted by atomic mass is 9.62. The first-order valence-electron chi connectivity index (χ1n) is 7.34. The van der Waals surface area contributed by atoms with Crippen molar-refractivity contribution >= 4 is 0 Å². The van der Waals surface area contributed by atoms with Gasteiger partial charge in [0.2, 0.25) is 0 Å². The van der Waals surface area contributed by atoms with Gasteiger partial charge in [0, 0.05) is 6.61 Å². The van der Waals surface area contributed by atoms with Crippen LogP contribution in [-0.2, 0) is 9.47 Å². The smallest absolute Gasteiger partial charge is 0.0844 e. The highest BCUT2D eigenvalue weighted by molar-refractivity contribution is 4.98. The Labute approximate surface area is 105 Å². The molecule has 5 unspecified atom stereocenters. The zero-order valence-electron chi connectivity index (χ0n) is 11.4. The van der Waals surface area contributed by atoms with Crippen molar-refractivity contribution in [1.29, 1.82) is 0 Å². The van der Waals surface area contributed by atoms with Gasteiger partial charge in [-0.05, 0) is 56.3 Å². The van der Waals surface area contributed by atoms with Crippen molar-refractivity contribution in [1.82, 2.24) is 0 Å². The summed E-state index contributed by atoms with van der Waals surface area (Å²) < 4.78 is 11.4. The number of hydrogen-bond donors (Lipinski definition) is 0. The van der Waals surface area contributed by atoms with Crippen molar-refractivity contribution in [2.45, 2.75) is 71.2 Å². The van der Waals surface area contributed by atoms with E-state index in [0.717, 1.165) is 18.4 Å². The Morgan fingerprint density at radius 2 is 1.71 bits per heavy atom. The Morgan fingerprint density at radius 1 is 0.941 bits per heavy atom. The highest BCUT2D eigenvalue weighted by Gasteiger charge is 2.49. The number of hydrogen-bond acceptors (Lipinski definition) is 2. The maximum Gasteiger partial charge on any atom is 0.0844 e. The summed E-state index contributed by atoms with van der Waals surface area (Å²) in [6.07, 6.45) is 8.20. The fraction of sp³-hybridized carbons (Fsp3) is 1.00. The molecule has 0 amide bonds. The molecule has 0 spiro atoms. The standard InChI is InChI=1S/C15H26O2/c1-10-8-12(6-7-16-10)15(2,3)11-4-5-13-14(9-11)17-13/h10-14H,4-9H2,1-3H3. The van der Waals surface area contributed by atoms with Crippen LogP contribution >= 0.6 is 0 Å². The van der Waals surface area contributed by atoms with Crippen LogP contribution < -0.4 is 0 Å².